The van der Waals surface area contributed by atoms with Gasteiger partial charge >= 0.3 is 0 Å². The quantitative estimate of drug-likeness (QED) is 0.727. The van der Waals surface area contributed by atoms with E-state index in [1.807, 2.05) is 19.1 Å². The van der Waals surface area contributed by atoms with Gasteiger partial charge in [0, 0.05) is 12.2 Å². The molecular weight excluding hydrogens is 176 g/mol. The minimum absolute atomic E-state index is 0.0257. The molecule has 1 aliphatic carbocycles. The Morgan fingerprint density at radius 1 is 1.57 bits per heavy atom. The summed E-state index contributed by atoms with van der Waals surface area (Å²) < 4.78 is 5.92. The van der Waals surface area contributed by atoms with E-state index < -0.39 is 0 Å². The van der Waals surface area contributed by atoms with Crippen LogP contribution < -0.4 is 10.5 Å². The molecule has 1 spiro atoms. The van der Waals surface area contributed by atoms with Gasteiger partial charge in [-0.15, -0.1) is 0 Å². The van der Waals surface area contributed by atoms with E-state index in [0.717, 1.165) is 30.0 Å². The number of ether oxygens (including phenoxy) is 1. The van der Waals surface area contributed by atoms with Crippen LogP contribution >= 0.6 is 0 Å². The fraction of sp³-hybridized carbons (Fsp3) is 0.545. The van der Waals surface area contributed by atoms with Gasteiger partial charge in [-0.25, -0.2) is 0 Å². The van der Waals surface area contributed by atoms with Crippen LogP contribution in [-0.4, -0.2) is 17.1 Å². The van der Waals surface area contributed by atoms with Crippen molar-refractivity contribution < 1.29 is 4.74 Å². The van der Waals surface area contributed by atoms with Gasteiger partial charge in [0.25, 0.3) is 0 Å². The third kappa shape index (κ3) is 0.932. The normalized spacial score (nSPS) is 26.0. The molecule has 1 aromatic rings. The summed E-state index contributed by atoms with van der Waals surface area (Å²) in [7, 11) is 0. The lowest BCUT2D eigenvalue weighted by Gasteiger charge is -2.14. The Hall–Kier alpha value is -1.09. The van der Waals surface area contributed by atoms with Gasteiger partial charge in [0.2, 0.25) is 0 Å². The number of aryl methyl sites for hydroxylation is 1. The van der Waals surface area contributed by atoms with Crippen LogP contribution in [0.25, 0.3) is 0 Å². The summed E-state index contributed by atoms with van der Waals surface area (Å²) in [6.07, 6.45) is 2.26. The largest absolute Gasteiger partial charge is 0.485 e. The Morgan fingerprint density at radius 2 is 2.36 bits per heavy atom. The summed E-state index contributed by atoms with van der Waals surface area (Å²) in [4.78, 5) is 4.54. The highest BCUT2D eigenvalue weighted by Gasteiger charge is 2.57. The van der Waals surface area contributed by atoms with Crippen LogP contribution in [0, 0.1) is 6.92 Å². The zero-order valence-corrected chi connectivity index (χ0v) is 8.29. The highest BCUT2D eigenvalue weighted by molar-refractivity contribution is 5.42. The van der Waals surface area contributed by atoms with Crippen molar-refractivity contribution in [1.82, 2.24) is 4.98 Å². The predicted octanol–water partition coefficient (Wildman–Crippen LogP) is 1.36. The Bertz CT molecular complexity index is 385. The fourth-order valence-corrected chi connectivity index (χ4v) is 2.34. The Balaban J connectivity index is 2.09. The molecule has 0 radical (unpaired) electrons. The number of fused-ring (bicyclic) bond motifs is 1. The van der Waals surface area contributed by atoms with Gasteiger partial charge in [-0.05, 0) is 31.9 Å². The van der Waals surface area contributed by atoms with Gasteiger partial charge in [-0.3, -0.25) is 4.98 Å². The highest BCUT2D eigenvalue weighted by atomic mass is 16.5. The molecule has 3 nitrogen and oxygen atoms in total. The second-order valence-corrected chi connectivity index (χ2v) is 4.29. The van der Waals surface area contributed by atoms with Crippen molar-refractivity contribution in [3.05, 3.63) is 23.5 Å². The maximum Gasteiger partial charge on any atom is 0.142 e. The molecule has 1 aromatic heterocycles. The predicted molar refractivity (Wildman–Crippen MR) is 53.4 cm³/mol. The Labute approximate surface area is 83.3 Å². The first-order valence-electron chi connectivity index (χ1n) is 5.12. The molecule has 1 fully saturated rings. The van der Waals surface area contributed by atoms with Crippen LogP contribution in [0.1, 0.15) is 30.1 Å². The third-order valence-electron chi connectivity index (χ3n) is 3.28. The third-order valence-corrected chi connectivity index (χ3v) is 3.28. The van der Waals surface area contributed by atoms with Crippen molar-refractivity contribution in [2.75, 3.05) is 6.54 Å². The van der Waals surface area contributed by atoms with Crippen LogP contribution in [0.15, 0.2) is 12.1 Å². The lowest BCUT2D eigenvalue weighted by molar-refractivity contribution is 0.184. The summed E-state index contributed by atoms with van der Waals surface area (Å²) >= 11 is 0. The molecule has 2 N–H and O–H groups in total. The molecule has 1 aliphatic heterocycles. The molecule has 1 atom stereocenters. The lowest BCUT2D eigenvalue weighted by Crippen LogP contribution is -2.27. The van der Waals surface area contributed by atoms with E-state index in [0.29, 0.717) is 12.5 Å². The summed E-state index contributed by atoms with van der Waals surface area (Å²) in [5.74, 6) is 1.26. The van der Waals surface area contributed by atoms with E-state index in [4.69, 9.17) is 10.5 Å². The van der Waals surface area contributed by atoms with Crippen LogP contribution in [0.2, 0.25) is 0 Å². The number of hydrogen-bond acceptors (Lipinski definition) is 3. The molecule has 3 rings (SSSR count). The first-order valence-corrected chi connectivity index (χ1v) is 5.12. The molecule has 14 heavy (non-hydrogen) atoms. The van der Waals surface area contributed by atoms with E-state index >= 15 is 0 Å². The average Bonchev–Trinajstić information content (AvgIpc) is 2.83. The minimum Gasteiger partial charge on any atom is -0.485 e. The first-order chi connectivity index (χ1) is 6.75. The molecule has 3 heteroatoms. The van der Waals surface area contributed by atoms with E-state index in [1.165, 1.54) is 0 Å². The number of rotatable bonds is 1. The Kier molecular flexibility index (Phi) is 1.46. The van der Waals surface area contributed by atoms with Gasteiger partial charge in [0.05, 0.1) is 11.6 Å². The Morgan fingerprint density at radius 3 is 3.00 bits per heavy atom. The smallest absolute Gasteiger partial charge is 0.142 e. The number of pyridine rings is 1. The molecule has 2 heterocycles. The maximum absolute atomic E-state index is 5.92. The van der Waals surface area contributed by atoms with E-state index in [9.17, 15) is 0 Å². The van der Waals surface area contributed by atoms with Gasteiger partial charge in [-0.1, -0.05) is 0 Å². The standard InChI is InChI=1S/C11H14N2O/c1-7-2-3-9-10(13-7)8(6-12)11(14-9)4-5-11/h2-3,8H,4-6,12H2,1H3/t8-/m0/s1. The van der Waals surface area contributed by atoms with E-state index in [-0.39, 0.29) is 5.60 Å². The highest BCUT2D eigenvalue weighted by Crippen LogP contribution is 2.56. The van der Waals surface area contributed by atoms with Gasteiger partial charge in [0.1, 0.15) is 11.4 Å². The zero-order chi connectivity index (χ0) is 9.76. The molecule has 0 amide bonds. The lowest BCUT2D eigenvalue weighted by atomic mass is 9.98. The number of nitrogens with zero attached hydrogens (tertiary/aromatic N) is 1. The van der Waals surface area contributed by atoms with Crippen molar-refractivity contribution in [3.63, 3.8) is 0 Å². The van der Waals surface area contributed by atoms with Crippen LogP contribution in [0.4, 0.5) is 0 Å². The van der Waals surface area contributed by atoms with Crippen molar-refractivity contribution in [3.8, 4) is 5.75 Å². The molecular formula is C11H14N2O. The number of aromatic nitrogens is 1. The summed E-state index contributed by atoms with van der Waals surface area (Å²) in [5.41, 5.74) is 7.94. The fourth-order valence-electron chi connectivity index (χ4n) is 2.34. The first kappa shape index (κ1) is 8.24. The van der Waals surface area contributed by atoms with Crippen molar-refractivity contribution in [2.24, 2.45) is 5.73 Å². The summed E-state index contributed by atoms with van der Waals surface area (Å²) in [6.45, 7) is 2.65. The van der Waals surface area contributed by atoms with Crippen molar-refractivity contribution in [1.29, 1.82) is 0 Å². The SMILES string of the molecule is Cc1ccc2c(n1)[C@H](CN)C1(CC1)O2. The topological polar surface area (TPSA) is 48.1 Å². The molecule has 0 bridgehead atoms. The molecule has 0 saturated heterocycles. The van der Waals surface area contributed by atoms with Crippen molar-refractivity contribution in [2.45, 2.75) is 31.3 Å². The zero-order valence-electron chi connectivity index (χ0n) is 8.29. The second-order valence-electron chi connectivity index (χ2n) is 4.29. The van der Waals surface area contributed by atoms with E-state index in [2.05, 4.69) is 4.98 Å². The number of nitrogens with two attached hydrogens (primary N) is 1. The second kappa shape index (κ2) is 2.48. The van der Waals surface area contributed by atoms with Gasteiger partial charge in [0.15, 0.2) is 0 Å². The monoisotopic (exact) mass is 190 g/mol. The molecule has 74 valence electrons. The van der Waals surface area contributed by atoms with E-state index in [1.54, 1.807) is 0 Å². The van der Waals surface area contributed by atoms with Crippen LogP contribution in [0.3, 0.4) is 0 Å². The molecule has 2 aliphatic rings. The number of hydrogen-bond donors (Lipinski definition) is 1. The minimum atomic E-state index is 0.0257. The van der Waals surface area contributed by atoms with Crippen molar-refractivity contribution >= 4 is 0 Å². The van der Waals surface area contributed by atoms with Gasteiger partial charge < -0.3 is 10.5 Å². The average molecular weight is 190 g/mol. The summed E-state index contributed by atoms with van der Waals surface area (Å²) in [5, 5.41) is 0. The summed E-state index contributed by atoms with van der Waals surface area (Å²) in [6, 6.07) is 4.02. The molecule has 0 aromatic carbocycles. The molecule has 0 unspecified atom stereocenters. The van der Waals surface area contributed by atoms with Gasteiger partial charge in [-0.2, -0.15) is 0 Å². The van der Waals surface area contributed by atoms with Crippen LogP contribution in [0.5, 0.6) is 5.75 Å². The maximum atomic E-state index is 5.92. The van der Waals surface area contributed by atoms with Crippen LogP contribution in [-0.2, 0) is 0 Å². The molecule has 1 saturated carbocycles.